The molecule has 0 unspecified atom stereocenters. The van der Waals surface area contributed by atoms with Crippen molar-refractivity contribution in [2.75, 3.05) is 50.1 Å². The van der Waals surface area contributed by atoms with E-state index in [4.69, 9.17) is 9.73 Å². The summed E-state index contributed by atoms with van der Waals surface area (Å²) in [6.45, 7) is 8.68. The topological polar surface area (TPSA) is 69.2 Å². The molecule has 1 aliphatic rings. The molecule has 0 saturated carbocycles. The van der Waals surface area contributed by atoms with Gasteiger partial charge in [0.05, 0.1) is 13.7 Å². The molecule has 1 aliphatic heterocycles. The van der Waals surface area contributed by atoms with Gasteiger partial charge in [-0.2, -0.15) is 0 Å². The number of halogens is 1. The molecular weight excluding hydrogens is 505 g/mol. The smallest absolute Gasteiger partial charge is 0.221 e. The van der Waals surface area contributed by atoms with Gasteiger partial charge in [-0.15, -0.1) is 24.0 Å². The van der Waals surface area contributed by atoms with Crippen molar-refractivity contribution in [3.63, 3.8) is 0 Å². The van der Waals surface area contributed by atoms with E-state index in [9.17, 15) is 4.79 Å². The van der Waals surface area contributed by atoms with Gasteiger partial charge in [-0.05, 0) is 48.9 Å². The Morgan fingerprint density at radius 2 is 1.81 bits per heavy atom. The summed E-state index contributed by atoms with van der Waals surface area (Å²) in [5.74, 6) is 1.73. The molecule has 0 spiro atoms. The van der Waals surface area contributed by atoms with Gasteiger partial charge in [0.2, 0.25) is 5.91 Å². The van der Waals surface area contributed by atoms with Crippen LogP contribution >= 0.6 is 24.0 Å². The Balaban J connectivity index is 0.00000341. The van der Waals surface area contributed by atoms with Gasteiger partial charge in [-0.25, -0.2) is 4.99 Å². The van der Waals surface area contributed by atoms with Crippen molar-refractivity contribution < 1.29 is 9.53 Å². The first-order valence-electron chi connectivity index (χ1n) is 10.4. The first kappa shape index (κ1) is 24.8. The van der Waals surface area contributed by atoms with Crippen LogP contribution in [0.4, 0.5) is 11.4 Å². The first-order chi connectivity index (χ1) is 14.6. The van der Waals surface area contributed by atoms with E-state index < -0.39 is 0 Å². The first-order valence-corrected chi connectivity index (χ1v) is 10.4. The predicted molar refractivity (Wildman–Crippen MR) is 138 cm³/mol. The third kappa shape index (κ3) is 7.30. The number of carbonyl (C=O) groups excluding carboxylic acids is 1. The van der Waals surface area contributed by atoms with E-state index in [-0.39, 0.29) is 29.9 Å². The molecule has 1 amide bonds. The minimum Gasteiger partial charge on any atom is -0.497 e. The monoisotopic (exact) mass is 537 g/mol. The van der Waals surface area contributed by atoms with Crippen molar-refractivity contribution in [1.82, 2.24) is 10.2 Å². The number of aliphatic imine (C=N–C) groups is 1. The van der Waals surface area contributed by atoms with E-state index in [1.54, 1.807) is 7.11 Å². The number of rotatable bonds is 6. The zero-order valence-electron chi connectivity index (χ0n) is 18.4. The number of amides is 1. The van der Waals surface area contributed by atoms with E-state index in [1.807, 2.05) is 36.4 Å². The number of anilines is 2. The minimum atomic E-state index is -0.0706. The number of nitrogens with one attached hydrogen (secondary N) is 2. The molecule has 0 aliphatic carbocycles. The summed E-state index contributed by atoms with van der Waals surface area (Å²) in [5, 5.41) is 6.23. The van der Waals surface area contributed by atoms with Gasteiger partial charge < -0.3 is 25.2 Å². The summed E-state index contributed by atoms with van der Waals surface area (Å²) in [5.41, 5.74) is 3.08. The van der Waals surface area contributed by atoms with Crippen LogP contribution in [0.25, 0.3) is 0 Å². The van der Waals surface area contributed by atoms with Gasteiger partial charge in [0.15, 0.2) is 5.96 Å². The van der Waals surface area contributed by atoms with E-state index in [0.29, 0.717) is 6.54 Å². The third-order valence-corrected chi connectivity index (χ3v) is 5.01. The molecule has 3 rings (SSSR count). The number of ether oxygens (including phenoxy) is 1. The Bertz CT molecular complexity index is 865. The number of methoxy groups -OCH3 is 1. The van der Waals surface area contributed by atoms with E-state index in [0.717, 1.165) is 55.7 Å². The second-order valence-electron chi connectivity index (χ2n) is 7.22. The van der Waals surface area contributed by atoms with Gasteiger partial charge in [0.25, 0.3) is 0 Å². The maximum atomic E-state index is 11.3. The maximum absolute atomic E-state index is 11.3. The molecule has 7 nitrogen and oxygen atoms in total. The molecule has 2 aromatic rings. The van der Waals surface area contributed by atoms with Crippen molar-refractivity contribution in [2.45, 2.75) is 20.4 Å². The number of hydrogen-bond donors (Lipinski definition) is 2. The zero-order chi connectivity index (χ0) is 21.3. The lowest BCUT2D eigenvalue weighted by Crippen LogP contribution is -2.52. The molecule has 0 atom stereocenters. The van der Waals surface area contributed by atoms with Gasteiger partial charge in [0.1, 0.15) is 5.75 Å². The molecule has 1 fully saturated rings. The van der Waals surface area contributed by atoms with Crippen LogP contribution in [0.3, 0.4) is 0 Å². The molecule has 1 saturated heterocycles. The summed E-state index contributed by atoms with van der Waals surface area (Å²) >= 11 is 0. The molecule has 2 aromatic carbocycles. The summed E-state index contributed by atoms with van der Waals surface area (Å²) in [4.78, 5) is 20.8. The Hall–Kier alpha value is -2.49. The highest BCUT2D eigenvalue weighted by Crippen LogP contribution is 2.20. The fourth-order valence-corrected chi connectivity index (χ4v) is 3.51. The van der Waals surface area contributed by atoms with Crippen molar-refractivity contribution in [2.24, 2.45) is 4.99 Å². The molecule has 8 heteroatoms. The quantitative estimate of drug-likeness (QED) is 0.335. The van der Waals surface area contributed by atoms with Crippen LogP contribution in [-0.4, -0.2) is 56.6 Å². The fourth-order valence-electron chi connectivity index (χ4n) is 3.51. The lowest BCUT2D eigenvalue weighted by molar-refractivity contribution is -0.114. The fraction of sp³-hybridized carbons (Fsp3) is 0.391. The SMILES string of the molecule is CCNC(=NCc1cccc(NC(C)=O)c1)N1CCN(c2ccc(OC)cc2)CC1.I. The maximum Gasteiger partial charge on any atom is 0.221 e. The van der Waals surface area contributed by atoms with Crippen LogP contribution in [-0.2, 0) is 11.3 Å². The average Bonchev–Trinajstić information content (AvgIpc) is 2.77. The third-order valence-electron chi connectivity index (χ3n) is 5.01. The van der Waals surface area contributed by atoms with Gasteiger partial charge in [0, 0.05) is 51.0 Å². The lowest BCUT2D eigenvalue weighted by Gasteiger charge is -2.37. The normalized spacial score (nSPS) is 14.0. The highest BCUT2D eigenvalue weighted by atomic mass is 127. The summed E-state index contributed by atoms with van der Waals surface area (Å²) in [7, 11) is 1.69. The highest BCUT2D eigenvalue weighted by molar-refractivity contribution is 14.0. The van der Waals surface area contributed by atoms with Gasteiger partial charge in [-0.1, -0.05) is 12.1 Å². The second kappa shape index (κ2) is 12.4. The Labute approximate surface area is 201 Å². The standard InChI is InChI=1S/C23H31N5O2.HI/c1-4-24-23(25-17-19-6-5-7-20(16-19)26-18(2)29)28-14-12-27(13-15-28)21-8-10-22(30-3)11-9-21;/h5-11,16H,4,12-15,17H2,1-3H3,(H,24,25)(H,26,29);1H. The van der Waals surface area contributed by atoms with Crippen LogP contribution < -0.4 is 20.3 Å². The number of carbonyl (C=O) groups is 1. The number of guanidine groups is 1. The molecule has 2 N–H and O–H groups in total. The molecule has 0 aromatic heterocycles. The van der Waals surface area contributed by atoms with Crippen LogP contribution in [0.5, 0.6) is 5.75 Å². The van der Waals surface area contributed by atoms with Gasteiger partial charge >= 0.3 is 0 Å². The second-order valence-corrected chi connectivity index (χ2v) is 7.22. The summed E-state index contributed by atoms with van der Waals surface area (Å²) < 4.78 is 5.25. The highest BCUT2D eigenvalue weighted by Gasteiger charge is 2.19. The number of benzene rings is 2. The molecule has 1 heterocycles. The Morgan fingerprint density at radius 3 is 2.42 bits per heavy atom. The molecule has 31 heavy (non-hydrogen) atoms. The van der Waals surface area contributed by atoms with Crippen molar-refractivity contribution in [1.29, 1.82) is 0 Å². The lowest BCUT2D eigenvalue weighted by atomic mass is 10.2. The molecule has 0 radical (unpaired) electrons. The number of hydrogen-bond acceptors (Lipinski definition) is 4. The largest absolute Gasteiger partial charge is 0.497 e. The minimum absolute atomic E-state index is 0. The predicted octanol–water partition coefficient (Wildman–Crippen LogP) is 3.56. The zero-order valence-corrected chi connectivity index (χ0v) is 20.8. The van der Waals surface area contributed by atoms with E-state index >= 15 is 0 Å². The van der Waals surface area contributed by atoms with Crippen molar-refractivity contribution in [3.8, 4) is 5.75 Å². The number of nitrogens with zero attached hydrogens (tertiary/aromatic N) is 3. The molecule has 0 bridgehead atoms. The Kier molecular flexibility index (Phi) is 9.90. The van der Waals surface area contributed by atoms with Crippen molar-refractivity contribution >= 4 is 47.2 Å². The van der Waals surface area contributed by atoms with Crippen molar-refractivity contribution in [3.05, 3.63) is 54.1 Å². The number of piperazine rings is 1. The van der Waals surface area contributed by atoms with Crippen LogP contribution in [0.1, 0.15) is 19.4 Å². The molecule has 168 valence electrons. The van der Waals surface area contributed by atoms with Gasteiger partial charge in [-0.3, -0.25) is 4.79 Å². The van der Waals surface area contributed by atoms with Crippen LogP contribution in [0.2, 0.25) is 0 Å². The van der Waals surface area contributed by atoms with E-state index in [1.165, 1.54) is 12.6 Å². The average molecular weight is 537 g/mol. The van der Waals surface area contributed by atoms with E-state index in [2.05, 4.69) is 39.5 Å². The molecular formula is C23H32IN5O2. The summed E-state index contributed by atoms with van der Waals surface area (Å²) in [6, 6.07) is 16.0. The van der Waals surface area contributed by atoms with Crippen LogP contribution in [0, 0.1) is 0 Å². The Morgan fingerprint density at radius 1 is 1.10 bits per heavy atom. The van der Waals surface area contributed by atoms with Crippen LogP contribution in [0.15, 0.2) is 53.5 Å². The summed E-state index contributed by atoms with van der Waals surface area (Å²) in [6.07, 6.45) is 0.